The second kappa shape index (κ2) is 8.82. The Hall–Kier alpha value is -2.12. The molecule has 1 aromatic heterocycles. The van der Waals surface area contributed by atoms with Crippen LogP contribution in [0, 0.1) is 0 Å². The van der Waals surface area contributed by atoms with Gasteiger partial charge in [0.1, 0.15) is 0 Å². The van der Waals surface area contributed by atoms with Crippen LogP contribution in [-0.4, -0.2) is 59.6 Å². The van der Waals surface area contributed by atoms with Gasteiger partial charge in [-0.25, -0.2) is 0 Å². The summed E-state index contributed by atoms with van der Waals surface area (Å²) in [6.07, 6.45) is 2.28. The predicted molar refractivity (Wildman–Crippen MR) is 99.0 cm³/mol. The predicted octanol–water partition coefficient (Wildman–Crippen LogP) is 1.32. The maximum atomic E-state index is 12.2. The number of aromatic nitrogens is 2. The normalized spacial score (nSPS) is 15.0. The SMILES string of the molecule is CNC1CCN(C(=O)CCNC(=O)c2n[nH]c3ccccc23)CC1.Cl. The fraction of sp³-hybridized carbons (Fsp3) is 0.471. The maximum absolute atomic E-state index is 12.2. The zero-order chi connectivity index (χ0) is 16.9. The molecule has 7 nitrogen and oxygen atoms in total. The number of benzene rings is 1. The van der Waals surface area contributed by atoms with Gasteiger partial charge in [0.15, 0.2) is 5.69 Å². The molecule has 2 aromatic rings. The summed E-state index contributed by atoms with van der Waals surface area (Å²) in [5, 5.41) is 13.7. The molecule has 1 saturated heterocycles. The minimum atomic E-state index is -0.255. The number of likely N-dealkylation sites (tertiary alicyclic amines) is 1. The van der Waals surface area contributed by atoms with E-state index in [1.165, 1.54) is 0 Å². The Morgan fingerprint density at radius 2 is 2.00 bits per heavy atom. The van der Waals surface area contributed by atoms with Crippen molar-refractivity contribution in [2.24, 2.45) is 0 Å². The Morgan fingerprint density at radius 3 is 2.72 bits per heavy atom. The minimum Gasteiger partial charge on any atom is -0.350 e. The lowest BCUT2D eigenvalue weighted by atomic mass is 10.1. The number of amides is 2. The minimum absolute atomic E-state index is 0. The number of para-hydroxylation sites is 1. The van der Waals surface area contributed by atoms with Crippen molar-refractivity contribution in [3.8, 4) is 0 Å². The van der Waals surface area contributed by atoms with Gasteiger partial charge in [0.25, 0.3) is 5.91 Å². The lowest BCUT2D eigenvalue weighted by Crippen LogP contribution is -2.44. The fourth-order valence-corrected chi connectivity index (χ4v) is 3.08. The van der Waals surface area contributed by atoms with E-state index in [0.717, 1.165) is 36.8 Å². The van der Waals surface area contributed by atoms with E-state index in [4.69, 9.17) is 0 Å². The zero-order valence-electron chi connectivity index (χ0n) is 14.2. The molecule has 1 aliphatic heterocycles. The molecule has 25 heavy (non-hydrogen) atoms. The monoisotopic (exact) mass is 365 g/mol. The van der Waals surface area contributed by atoms with Crippen LogP contribution in [0.4, 0.5) is 0 Å². The molecule has 0 unspecified atom stereocenters. The third-order valence-electron chi connectivity index (χ3n) is 4.57. The van der Waals surface area contributed by atoms with E-state index < -0.39 is 0 Å². The number of nitrogens with zero attached hydrogens (tertiary/aromatic N) is 2. The van der Waals surface area contributed by atoms with Crippen molar-refractivity contribution >= 4 is 35.1 Å². The first-order valence-corrected chi connectivity index (χ1v) is 8.35. The summed E-state index contributed by atoms with van der Waals surface area (Å²) in [7, 11) is 1.95. The largest absolute Gasteiger partial charge is 0.350 e. The molecule has 0 saturated carbocycles. The van der Waals surface area contributed by atoms with E-state index in [-0.39, 0.29) is 24.2 Å². The van der Waals surface area contributed by atoms with Gasteiger partial charge >= 0.3 is 0 Å². The summed E-state index contributed by atoms with van der Waals surface area (Å²) in [6, 6.07) is 7.98. The molecule has 1 aliphatic rings. The lowest BCUT2D eigenvalue weighted by molar-refractivity contribution is -0.132. The highest BCUT2D eigenvalue weighted by Gasteiger charge is 2.21. The number of hydrogen-bond donors (Lipinski definition) is 3. The highest BCUT2D eigenvalue weighted by molar-refractivity contribution is 6.04. The molecule has 3 N–H and O–H groups in total. The molecular formula is C17H24ClN5O2. The van der Waals surface area contributed by atoms with E-state index in [0.29, 0.717) is 24.7 Å². The van der Waals surface area contributed by atoms with Crippen LogP contribution in [-0.2, 0) is 4.79 Å². The number of hydrogen-bond acceptors (Lipinski definition) is 4. The molecule has 1 aromatic carbocycles. The van der Waals surface area contributed by atoms with Gasteiger partial charge in [0.05, 0.1) is 5.52 Å². The Labute approximate surface area is 152 Å². The first-order chi connectivity index (χ1) is 11.7. The summed E-state index contributed by atoms with van der Waals surface area (Å²) in [6.45, 7) is 1.88. The average Bonchev–Trinajstić information content (AvgIpc) is 3.06. The molecule has 0 radical (unpaired) electrons. The van der Waals surface area contributed by atoms with Gasteiger partial charge in [-0.05, 0) is 26.0 Å². The van der Waals surface area contributed by atoms with Crippen molar-refractivity contribution in [1.82, 2.24) is 25.7 Å². The van der Waals surface area contributed by atoms with Crippen LogP contribution in [0.5, 0.6) is 0 Å². The number of H-pyrrole nitrogens is 1. The number of piperidine rings is 1. The second-order valence-electron chi connectivity index (χ2n) is 6.07. The number of halogens is 1. The molecule has 136 valence electrons. The molecule has 8 heteroatoms. The molecular weight excluding hydrogens is 342 g/mol. The Morgan fingerprint density at radius 1 is 1.28 bits per heavy atom. The van der Waals surface area contributed by atoms with Crippen LogP contribution in [0.25, 0.3) is 10.9 Å². The molecule has 0 atom stereocenters. The van der Waals surface area contributed by atoms with Gasteiger partial charge in [-0.15, -0.1) is 12.4 Å². The first kappa shape index (κ1) is 19.2. The summed E-state index contributed by atoms with van der Waals surface area (Å²) in [4.78, 5) is 26.3. The standard InChI is InChI=1S/C17H23N5O2.ClH/c1-18-12-7-10-22(11-8-12)15(23)6-9-19-17(24)16-13-4-2-3-5-14(13)20-21-16;/h2-5,12,18H,6-11H2,1H3,(H,19,24)(H,20,21);1H. The molecule has 2 heterocycles. The van der Waals surface area contributed by atoms with E-state index in [1.54, 1.807) is 0 Å². The summed E-state index contributed by atoms with van der Waals surface area (Å²) >= 11 is 0. The highest BCUT2D eigenvalue weighted by atomic mass is 35.5. The zero-order valence-corrected chi connectivity index (χ0v) is 15.1. The van der Waals surface area contributed by atoms with Crippen LogP contribution < -0.4 is 10.6 Å². The number of nitrogens with one attached hydrogen (secondary N) is 3. The quantitative estimate of drug-likeness (QED) is 0.745. The van der Waals surface area contributed by atoms with Crippen molar-refractivity contribution in [3.63, 3.8) is 0 Å². The van der Waals surface area contributed by atoms with E-state index >= 15 is 0 Å². The van der Waals surface area contributed by atoms with Crippen LogP contribution in [0.2, 0.25) is 0 Å². The van der Waals surface area contributed by atoms with E-state index in [2.05, 4.69) is 20.8 Å². The summed E-state index contributed by atoms with van der Waals surface area (Å²) < 4.78 is 0. The number of aromatic amines is 1. The van der Waals surface area contributed by atoms with Crippen molar-refractivity contribution in [2.45, 2.75) is 25.3 Å². The van der Waals surface area contributed by atoms with Gasteiger partial charge in [-0.2, -0.15) is 5.10 Å². The number of carbonyl (C=O) groups excluding carboxylic acids is 2. The maximum Gasteiger partial charge on any atom is 0.272 e. The van der Waals surface area contributed by atoms with E-state index in [9.17, 15) is 9.59 Å². The van der Waals surface area contributed by atoms with Gasteiger partial charge in [0, 0.05) is 37.5 Å². The molecule has 3 rings (SSSR count). The second-order valence-corrected chi connectivity index (χ2v) is 6.07. The van der Waals surface area contributed by atoms with Crippen molar-refractivity contribution in [1.29, 1.82) is 0 Å². The Balaban J connectivity index is 0.00000225. The van der Waals surface area contributed by atoms with Crippen molar-refractivity contribution in [2.75, 3.05) is 26.7 Å². The third kappa shape index (κ3) is 4.49. The smallest absolute Gasteiger partial charge is 0.272 e. The lowest BCUT2D eigenvalue weighted by Gasteiger charge is -2.31. The molecule has 0 bridgehead atoms. The summed E-state index contributed by atoms with van der Waals surface area (Å²) in [5.74, 6) is -0.161. The van der Waals surface area contributed by atoms with Crippen LogP contribution >= 0.6 is 12.4 Å². The average molecular weight is 366 g/mol. The van der Waals surface area contributed by atoms with Crippen molar-refractivity contribution in [3.05, 3.63) is 30.0 Å². The Bertz CT molecular complexity index is 725. The van der Waals surface area contributed by atoms with Crippen LogP contribution in [0.15, 0.2) is 24.3 Å². The number of carbonyl (C=O) groups is 2. The molecule has 2 amide bonds. The topological polar surface area (TPSA) is 90.1 Å². The third-order valence-corrected chi connectivity index (χ3v) is 4.57. The number of fused-ring (bicyclic) bond motifs is 1. The highest BCUT2D eigenvalue weighted by Crippen LogP contribution is 2.15. The van der Waals surface area contributed by atoms with Crippen molar-refractivity contribution < 1.29 is 9.59 Å². The van der Waals surface area contributed by atoms with Crippen LogP contribution in [0.3, 0.4) is 0 Å². The Kier molecular flexibility index (Phi) is 6.78. The van der Waals surface area contributed by atoms with E-state index in [1.807, 2.05) is 36.2 Å². The van der Waals surface area contributed by atoms with Gasteiger partial charge in [0.2, 0.25) is 5.91 Å². The molecule has 1 fully saturated rings. The van der Waals surface area contributed by atoms with Gasteiger partial charge in [-0.1, -0.05) is 18.2 Å². The summed E-state index contributed by atoms with van der Waals surface area (Å²) in [5.41, 5.74) is 1.19. The molecule has 0 aliphatic carbocycles. The van der Waals surface area contributed by atoms with Gasteiger partial charge in [-0.3, -0.25) is 14.7 Å². The van der Waals surface area contributed by atoms with Gasteiger partial charge < -0.3 is 15.5 Å². The fourth-order valence-electron chi connectivity index (χ4n) is 3.08. The number of rotatable bonds is 5. The van der Waals surface area contributed by atoms with Crippen LogP contribution in [0.1, 0.15) is 29.8 Å². The molecule has 0 spiro atoms. The first-order valence-electron chi connectivity index (χ1n) is 8.35.